The van der Waals surface area contributed by atoms with Gasteiger partial charge in [0, 0.05) is 12.6 Å². The Bertz CT molecular complexity index is 624. The lowest BCUT2D eigenvalue weighted by atomic mass is 9.80. The summed E-state index contributed by atoms with van der Waals surface area (Å²) in [7, 11) is 0. The van der Waals surface area contributed by atoms with Crippen LogP contribution in [0.1, 0.15) is 51.6 Å². The zero-order valence-corrected chi connectivity index (χ0v) is 14.3. The van der Waals surface area contributed by atoms with Crippen LogP contribution in [0.4, 0.5) is 4.39 Å². The van der Waals surface area contributed by atoms with Gasteiger partial charge in [0.2, 0.25) is 0 Å². The molecule has 2 rings (SSSR count). The van der Waals surface area contributed by atoms with Crippen molar-refractivity contribution in [2.75, 3.05) is 6.61 Å². The average molecular weight is 334 g/mol. The van der Waals surface area contributed by atoms with Crippen molar-refractivity contribution >= 4 is 18.1 Å². The number of rotatable bonds is 6. The highest BCUT2D eigenvalue weighted by Crippen LogP contribution is 2.37. The molecule has 0 aromatic heterocycles. The van der Waals surface area contributed by atoms with Crippen molar-refractivity contribution in [3.8, 4) is 0 Å². The Morgan fingerprint density at radius 2 is 1.88 bits per heavy atom. The molecule has 1 aromatic rings. The molecule has 0 N–H and O–H groups in total. The lowest BCUT2D eigenvalue weighted by molar-refractivity contribution is -0.166. The van der Waals surface area contributed by atoms with Crippen LogP contribution in [0.3, 0.4) is 0 Å². The van der Waals surface area contributed by atoms with E-state index in [1.165, 1.54) is 17.1 Å². The Morgan fingerprint density at radius 3 is 2.42 bits per heavy atom. The van der Waals surface area contributed by atoms with E-state index in [1.54, 1.807) is 39.1 Å². The third-order valence-corrected chi connectivity index (χ3v) is 4.58. The lowest BCUT2D eigenvalue weighted by Gasteiger charge is -2.33. The van der Waals surface area contributed by atoms with Gasteiger partial charge < -0.3 is 4.74 Å². The minimum absolute atomic E-state index is 0.221. The van der Waals surface area contributed by atoms with Crippen LogP contribution in [-0.2, 0) is 14.3 Å². The summed E-state index contributed by atoms with van der Waals surface area (Å²) in [6, 6.07) is 5.66. The van der Waals surface area contributed by atoms with E-state index in [0.717, 1.165) is 5.56 Å². The maximum absolute atomic E-state index is 13.1. The van der Waals surface area contributed by atoms with E-state index < -0.39 is 11.4 Å². The molecule has 0 saturated carbocycles. The molecule has 1 aliphatic rings. The minimum Gasteiger partial charge on any atom is -0.465 e. The fourth-order valence-electron chi connectivity index (χ4n) is 2.99. The normalized spacial score (nSPS) is 17.2. The minimum atomic E-state index is -1.24. The van der Waals surface area contributed by atoms with Gasteiger partial charge in [0.15, 0.2) is 0 Å². The van der Waals surface area contributed by atoms with Gasteiger partial charge in [-0.3, -0.25) is 9.59 Å². The van der Waals surface area contributed by atoms with Gasteiger partial charge in [-0.25, -0.2) is 9.40 Å². The molecule has 0 fully saturated rings. The number of carbonyl (C=O) groups excluding carboxylic acids is 2. The van der Waals surface area contributed by atoms with Crippen LogP contribution in [-0.4, -0.2) is 29.7 Å². The van der Waals surface area contributed by atoms with Crippen molar-refractivity contribution in [3.05, 3.63) is 35.6 Å². The fourth-order valence-corrected chi connectivity index (χ4v) is 2.99. The van der Waals surface area contributed by atoms with Crippen LogP contribution in [0.15, 0.2) is 29.4 Å². The van der Waals surface area contributed by atoms with Gasteiger partial charge in [-0.05, 0) is 37.5 Å². The van der Waals surface area contributed by atoms with Gasteiger partial charge in [0.05, 0.1) is 12.6 Å². The number of halogens is 1. The Morgan fingerprint density at radius 1 is 1.25 bits per heavy atom. The predicted molar refractivity (Wildman–Crippen MR) is 88.7 cm³/mol. The van der Waals surface area contributed by atoms with E-state index in [-0.39, 0.29) is 24.4 Å². The maximum atomic E-state index is 13.1. The standard InChI is InChI=1S/C18H23FN2O3/c1-4-18(5-2,17(23)24-6-3)16(22)21-15(11-12-20-21)13-7-9-14(19)10-8-13/h7-10,12,15H,4-6,11H2,1-3H3. The number of amides is 1. The number of ether oxygens (including phenoxy) is 1. The predicted octanol–water partition coefficient (Wildman–Crippen LogP) is 3.45. The number of benzene rings is 1. The zero-order valence-electron chi connectivity index (χ0n) is 14.3. The van der Waals surface area contributed by atoms with Crippen LogP contribution < -0.4 is 0 Å². The molecule has 24 heavy (non-hydrogen) atoms. The second-order valence-corrected chi connectivity index (χ2v) is 5.76. The summed E-state index contributed by atoms with van der Waals surface area (Å²) in [6.07, 6.45) is 2.85. The van der Waals surface area contributed by atoms with E-state index in [1.807, 2.05) is 0 Å². The summed E-state index contributed by atoms with van der Waals surface area (Å²) in [4.78, 5) is 25.6. The number of nitrogens with zero attached hydrogens (tertiary/aromatic N) is 2. The van der Waals surface area contributed by atoms with Crippen molar-refractivity contribution in [1.29, 1.82) is 0 Å². The smallest absolute Gasteiger partial charge is 0.321 e. The SMILES string of the molecule is CCOC(=O)C(CC)(CC)C(=O)N1N=CCC1c1ccc(F)cc1. The molecule has 1 heterocycles. The summed E-state index contributed by atoms with van der Waals surface area (Å²) in [6.45, 7) is 5.53. The summed E-state index contributed by atoms with van der Waals surface area (Å²) >= 11 is 0. The van der Waals surface area contributed by atoms with Crippen LogP contribution in [0, 0.1) is 11.2 Å². The average Bonchev–Trinajstić information content (AvgIpc) is 3.07. The molecule has 0 saturated heterocycles. The Labute approximate surface area is 141 Å². The van der Waals surface area contributed by atoms with Crippen molar-refractivity contribution in [2.24, 2.45) is 10.5 Å². The number of hydrogen-bond donors (Lipinski definition) is 0. The third kappa shape index (κ3) is 3.18. The van der Waals surface area contributed by atoms with E-state index in [9.17, 15) is 14.0 Å². The Kier molecular flexibility index (Phi) is 5.70. The summed E-state index contributed by atoms with van der Waals surface area (Å²) in [5.41, 5.74) is -0.456. The first-order chi connectivity index (χ1) is 11.5. The van der Waals surface area contributed by atoms with Gasteiger partial charge >= 0.3 is 5.97 Å². The Balaban J connectivity index is 2.32. The van der Waals surface area contributed by atoms with Gasteiger partial charge in [-0.1, -0.05) is 26.0 Å². The van der Waals surface area contributed by atoms with Crippen LogP contribution in [0.2, 0.25) is 0 Å². The summed E-state index contributed by atoms with van der Waals surface area (Å²) < 4.78 is 18.3. The molecule has 1 aromatic carbocycles. The van der Waals surface area contributed by atoms with Gasteiger partial charge in [-0.2, -0.15) is 5.10 Å². The monoisotopic (exact) mass is 334 g/mol. The van der Waals surface area contributed by atoms with Crippen LogP contribution >= 0.6 is 0 Å². The number of hydrogen-bond acceptors (Lipinski definition) is 4. The quantitative estimate of drug-likeness (QED) is 0.591. The molecular formula is C18H23FN2O3. The van der Waals surface area contributed by atoms with E-state index >= 15 is 0 Å². The molecule has 130 valence electrons. The van der Waals surface area contributed by atoms with E-state index in [4.69, 9.17) is 4.74 Å². The molecule has 0 radical (unpaired) electrons. The van der Waals surface area contributed by atoms with E-state index in [2.05, 4.69) is 5.10 Å². The molecule has 1 amide bonds. The fraction of sp³-hybridized carbons (Fsp3) is 0.500. The second kappa shape index (κ2) is 7.55. The molecular weight excluding hydrogens is 311 g/mol. The third-order valence-electron chi connectivity index (χ3n) is 4.58. The van der Waals surface area contributed by atoms with Crippen molar-refractivity contribution in [1.82, 2.24) is 5.01 Å². The number of hydrazone groups is 1. The highest BCUT2D eigenvalue weighted by Gasteiger charge is 2.49. The summed E-state index contributed by atoms with van der Waals surface area (Å²) in [5.74, 6) is -1.22. The number of esters is 1. The molecule has 5 nitrogen and oxygen atoms in total. The zero-order chi connectivity index (χ0) is 17.7. The first-order valence-corrected chi connectivity index (χ1v) is 8.29. The molecule has 0 bridgehead atoms. The maximum Gasteiger partial charge on any atom is 0.321 e. The molecule has 0 spiro atoms. The first-order valence-electron chi connectivity index (χ1n) is 8.29. The highest BCUT2D eigenvalue weighted by molar-refractivity contribution is 6.03. The molecule has 0 aliphatic carbocycles. The van der Waals surface area contributed by atoms with Crippen LogP contribution in [0.5, 0.6) is 0 Å². The van der Waals surface area contributed by atoms with Gasteiger partial charge in [0.25, 0.3) is 5.91 Å². The molecule has 1 aliphatic heterocycles. The molecule has 1 unspecified atom stereocenters. The van der Waals surface area contributed by atoms with Crippen LogP contribution in [0.25, 0.3) is 0 Å². The largest absolute Gasteiger partial charge is 0.465 e. The molecule has 1 atom stereocenters. The van der Waals surface area contributed by atoms with Crippen molar-refractivity contribution in [2.45, 2.75) is 46.1 Å². The molecule has 6 heteroatoms. The second-order valence-electron chi connectivity index (χ2n) is 5.76. The van der Waals surface area contributed by atoms with E-state index in [0.29, 0.717) is 19.3 Å². The topological polar surface area (TPSA) is 59.0 Å². The number of carbonyl (C=O) groups is 2. The van der Waals surface area contributed by atoms with Gasteiger partial charge in [0.1, 0.15) is 11.2 Å². The first kappa shape index (κ1) is 18.1. The van der Waals surface area contributed by atoms with Crippen molar-refractivity contribution < 1.29 is 18.7 Å². The lowest BCUT2D eigenvalue weighted by Crippen LogP contribution is -2.47. The van der Waals surface area contributed by atoms with Crippen molar-refractivity contribution in [3.63, 3.8) is 0 Å². The highest BCUT2D eigenvalue weighted by atomic mass is 19.1. The summed E-state index contributed by atoms with van der Waals surface area (Å²) in [5, 5.41) is 5.52. The Hall–Kier alpha value is -2.24. The van der Waals surface area contributed by atoms with Gasteiger partial charge in [-0.15, -0.1) is 0 Å².